The monoisotopic (exact) mass is 455 g/mol. The van der Waals surface area contributed by atoms with Crippen molar-refractivity contribution in [2.24, 2.45) is 5.92 Å². The molecule has 2 aromatic rings. The van der Waals surface area contributed by atoms with Crippen molar-refractivity contribution in [2.45, 2.75) is 63.2 Å². The maximum atomic E-state index is 13.5. The summed E-state index contributed by atoms with van der Waals surface area (Å²) >= 11 is 0. The zero-order valence-corrected chi connectivity index (χ0v) is 20.2. The van der Waals surface area contributed by atoms with Gasteiger partial charge >= 0.3 is 0 Å². The molecule has 2 heterocycles. The predicted octanol–water partition coefficient (Wildman–Crippen LogP) is 5.24. The zero-order valence-electron chi connectivity index (χ0n) is 19.4. The smallest absolute Gasteiger partial charge is 0.265 e. The van der Waals surface area contributed by atoms with E-state index in [1.54, 1.807) is 10.4 Å². The fourth-order valence-corrected chi connectivity index (χ4v) is 7.68. The Balaban J connectivity index is 1.46. The van der Waals surface area contributed by atoms with E-state index < -0.39 is 10.0 Å². The highest BCUT2D eigenvalue weighted by molar-refractivity contribution is 7.93. The highest BCUT2D eigenvalue weighted by Gasteiger charge is 2.37. The van der Waals surface area contributed by atoms with Crippen LogP contribution in [0.5, 0.6) is 0 Å². The van der Waals surface area contributed by atoms with Gasteiger partial charge in [-0.25, -0.2) is 8.42 Å². The fourth-order valence-electron chi connectivity index (χ4n) is 5.90. The molecule has 174 valence electrons. The van der Waals surface area contributed by atoms with Gasteiger partial charge in [0.2, 0.25) is 0 Å². The molecule has 0 bridgehead atoms. The number of nitrogens with zero attached hydrogens (tertiary/aromatic N) is 3. The molecule has 3 aliphatic rings. The van der Waals surface area contributed by atoms with Crippen molar-refractivity contribution in [1.82, 2.24) is 4.90 Å². The Bertz CT molecular complexity index is 1060. The molecule has 2 aliphatic heterocycles. The lowest BCUT2D eigenvalue weighted by Gasteiger charge is -2.28. The van der Waals surface area contributed by atoms with Gasteiger partial charge in [0, 0.05) is 42.6 Å². The predicted molar refractivity (Wildman–Crippen MR) is 133 cm³/mol. The van der Waals surface area contributed by atoms with Gasteiger partial charge in [-0.1, -0.05) is 44.7 Å². The summed E-state index contributed by atoms with van der Waals surface area (Å²) in [6.45, 7) is 8.32. The summed E-state index contributed by atoms with van der Waals surface area (Å²) in [7, 11) is -3.46. The second-order valence-corrected chi connectivity index (χ2v) is 11.7. The third kappa shape index (κ3) is 4.01. The molecule has 0 radical (unpaired) electrons. The minimum Gasteiger partial charge on any atom is -0.370 e. The molecule has 5 nitrogen and oxygen atoms in total. The Morgan fingerprint density at radius 2 is 1.72 bits per heavy atom. The topological polar surface area (TPSA) is 43.9 Å². The van der Waals surface area contributed by atoms with Gasteiger partial charge in [0.25, 0.3) is 10.0 Å². The quantitative estimate of drug-likeness (QED) is 0.597. The third-order valence-corrected chi connectivity index (χ3v) is 9.52. The van der Waals surface area contributed by atoms with Crippen LogP contribution in [0.1, 0.15) is 58.3 Å². The Kier molecular flexibility index (Phi) is 6.35. The number of benzene rings is 2. The maximum Gasteiger partial charge on any atom is 0.265 e. The molecule has 32 heavy (non-hydrogen) atoms. The summed E-state index contributed by atoms with van der Waals surface area (Å²) in [5, 5.41) is 2.03. The van der Waals surface area contributed by atoms with Crippen LogP contribution in [0.3, 0.4) is 0 Å². The van der Waals surface area contributed by atoms with Crippen molar-refractivity contribution in [3.63, 3.8) is 0 Å². The highest BCUT2D eigenvalue weighted by Crippen LogP contribution is 2.46. The summed E-state index contributed by atoms with van der Waals surface area (Å²) in [5.74, 6) is 0.474. The van der Waals surface area contributed by atoms with Crippen LogP contribution >= 0.6 is 0 Å². The molecule has 0 N–H and O–H groups in total. The van der Waals surface area contributed by atoms with E-state index >= 15 is 0 Å². The van der Waals surface area contributed by atoms with Gasteiger partial charge in [0.1, 0.15) is 0 Å². The molecular formula is C26H37N3O2S. The largest absolute Gasteiger partial charge is 0.370 e. The molecule has 0 aromatic heterocycles. The van der Waals surface area contributed by atoms with E-state index in [2.05, 4.69) is 34.9 Å². The maximum absolute atomic E-state index is 13.5. The van der Waals surface area contributed by atoms with Gasteiger partial charge in [-0.2, -0.15) is 0 Å². The molecule has 0 spiro atoms. The van der Waals surface area contributed by atoms with Crippen LogP contribution in [-0.4, -0.2) is 52.6 Å². The highest BCUT2D eigenvalue weighted by atomic mass is 32.2. The molecule has 2 aromatic carbocycles. The standard InChI is InChI=1S/C26H37N3O2S/c1-2-3-15-27-16-8-17-28(19-18-27)23-13-14-24-26-22(23)11-7-12-25(26)32(30,31)29(24)20-21-9-5-4-6-10-21/h7,11-14,21H,2-6,8-10,15-20H2,1H3. The molecule has 1 saturated carbocycles. The van der Waals surface area contributed by atoms with E-state index in [9.17, 15) is 8.42 Å². The van der Waals surface area contributed by atoms with Crippen molar-refractivity contribution in [1.29, 1.82) is 0 Å². The molecule has 1 saturated heterocycles. The Hall–Kier alpha value is -1.79. The van der Waals surface area contributed by atoms with E-state index in [1.165, 1.54) is 44.3 Å². The van der Waals surface area contributed by atoms with Crippen LogP contribution in [0.4, 0.5) is 11.4 Å². The number of unbranched alkanes of at least 4 members (excludes halogenated alkanes) is 1. The van der Waals surface area contributed by atoms with Crippen LogP contribution in [-0.2, 0) is 10.0 Å². The average Bonchev–Trinajstić information content (AvgIpc) is 2.95. The minimum absolute atomic E-state index is 0.474. The van der Waals surface area contributed by atoms with Gasteiger partial charge in [0.15, 0.2) is 0 Å². The second kappa shape index (κ2) is 9.22. The first-order valence-corrected chi connectivity index (χ1v) is 14.1. The molecule has 0 unspecified atom stereocenters. The van der Waals surface area contributed by atoms with E-state index in [1.807, 2.05) is 6.07 Å². The van der Waals surface area contributed by atoms with Gasteiger partial charge in [0.05, 0.1) is 10.6 Å². The first-order chi connectivity index (χ1) is 15.6. The van der Waals surface area contributed by atoms with Gasteiger partial charge < -0.3 is 9.80 Å². The summed E-state index contributed by atoms with van der Waals surface area (Å²) in [6, 6.07) is 10.1. The summed E-state index contributed by atoms with van der Waals surface area (Å²) in [6.07, 6.45) is 9.68. The summed E-state index contributed by atoms with van der Waals surface area (Å²) in [5.41, 5.74) is 2.09. The van der Waals surface area contributed by atoms with Crippen molar-refractivity contribution in [3.8, 4) is 0 Å². The van der Waals surface area contributed by atoms with Crippen molar-refractivity contribution in [2.75, 3.05) is 48.5 Å². The van der Waals surface area contributed by atoms with Gasteiger partial charge in [-0.15, -0.1) is 0 Å². The number of anilines is 2. The van der Waals surface area contributed by atoms with E-state index in [0.29, 0.717) is 17.4 Å². The number of hydrogen-bond acceptors (Lipinski definition) is 4. The van der Waals surface area contributed by atoms with Crippen molar-refractivity contribution in [3.05, 3.63) is 30.3 Å². The van der Waals surface area contributed by atoms with E-state index in [0.717, 1.165) is 61.9 Å². The fraction of sp³-hybridized carbons (Fsp3) is 0.615. The minimum atomic E-state index is -3.46. The second-order valence-electron chi connectivity index (χ2n) is 9.86. The SMILES string of the molecule is CCCCN1CCCN(c2ccc3c4c(cccc24)S(=O)(=O)N3CC2CCCCC2)CC1. The molecular weight excluding hydrogens is 418 g/mol. The first-order valence-electron chi connectivity index (χ1n) is 12.7. The Morgan fingerprint density at radius 1 is 0.906 bits per heavy atom. The number of hydrogen-bond donors (Lipinski definition) is 0. The lowest BCUT2D eigenvalue weighted by Crippen LogP contribution is -2.33. The van der Waals surface area contributed by atoms with E-state index in [-0.39, 0.29) is 0 Å². The summed E-state index contributed by atoms with van der Waals surface area (Å²) in [4.78, 5) is 5.56. The molecule has 1 aliphatic carbocycles. The van der Waals surface area contributed by atoms with Crippen LogP contribution < -0.4 is 9.21 Å². The third-order valence-electron chi connectivity index (χ3n) is 7.70. The van der Waals surface area contributed by atoms with Crippen LogP contribution in [0, 0.1) is 5.92 Å². The normalized spacial score (nSPS) is 21.9. The first kappa shape index (κ1) is 22.0. The van der Waals surface area contributed by atoms with E-state index in [4.69, 9.17) is 0 Å². The molecule has 2 fully saturated rings. The lowest BCUT2D eigenvalue weighted by atomic mass is 9.89. The summed E-state index contributed by atoms with van der Waals surface area (Å²) < 4.78 is 28.8. The van der Waals surface area contributed by atoms with Crippen molar-refractivity contribution >= 4 is 32.2 Å². The van der Waals surface area contributed by atoms with Gasteiger partial charge in [-0.3, -0.25) is 4.31 Å². The lowest BCUT2D eigenvalue weighted by molar-refractivity contribution is 0.289. The molecule has 0 atom stereocenters. The Labute approximate surface area is 193 Å². The van der Waals surface area contributed by atoms with Gasteiger partial charge in [-0.05, 0) is 62.9 Å². The molecule has 5 rings (SSSR count). The average molecular weight is 456 g/mol. The van der Waals surface area contributed by atoms with Crippen molar-refractivity contribution < 1.29 is 8.42 Å². The zero-order chi connectivity index (χ0) is 22.1. The number of sulfonamides is 1. The van der Waals surface area contributed by atoms with Crippen LogP contribution in [0.15, 0.2) is 35.2 Å². The molecule has 0 amide bonds. The molecule has 6 heteroatoms. The van der Waals surface area contributed by atoms with Crippen LogP contribution in [0.2, 0.25) is 0 Å². The Morgan fingerprint density at radius 3 is 2.53 bits per heavy atom. The van der Waals surface area contributed by atoms with Crippen LogP contribution in [0.25, 0.3) is 10.8 Å². The number of rotatable bonds is 6.